The lowest BCUT2D eigenvalue weighted by atomic mass is 10.1. The number of carbonyl (C=O) groups is 2. The summed E-state index contributed by atoms with van der Waals surface area (Å²) in [5, 5.41) is 14.5. The van der Waals surface area contributed by atoms with E-state index >= 15 is 0 Å². The number of hydroxylamine groups is 1. The number of hydrogen-bond donors (Lipinski definition) is 3. The van der Waals surface area contributed by atoms with Gasteiger partial charge in [-0.3, -0.25) is 9.59 Å². The van der Waals surface area contributed by atoms with Gasteiger partial charge in [0.05, 0.1) is 5.57 Å². The van der Waals surface area contributed by atoms with E-state index < -0.39 is 0 Å². The normalized spacial score (nSPS) is 15.5. The standard InChI is InChI=1S/C32H38N2O6/c35-27-18-16-24(17-19-27)20-21-33-32(37)26(23-39-29-13-8-11-25-9-4-5-12-28(25)29)10-2-1-3-14-30(36)34-40-31-15-6-7-22-38-31/h4-5,8-13,16-19,31,35H,1-3,6-7,14-15,20-23H2,(H,33,37)(H,34,36)/b26-10+. The van der Waals surface area contributed by atoms with Gasteiger partial charge in [-0.05, 0) is 67.7 Å². The first-order chi connectivity index (χ1) is 19.6. The molecule has 212 valence electrons. The van der Waals surface area contributed by atoms with Gasteiger partial charge in [-0.25, -0.2) is 10.3 Å². The summed E-state index contributed by atoms with van der Waals surface area (Å²) in [4.78, 5) is 30.5. The number of aromatic hydroxyl groups is 1. The van der Waals surface area contributed by atoms with Gasteiger partial charge in [-0.2, -0.15) is 0 Å². The number of allylic oxidation sites excluding steroid dienone is 1. The quantitative estimate of drug-likeness (QED) is 0.143. The number of phenols is 1. The van der Waals surface area contributed by atoms with Crippen molar-refractivity contribution in [3.63, 3.8) is 0 Å². The Morgan fingerprint density at radius 3 is 2.65 bits per heavy atom. The Bertz CT molecular complexity index is 1260. The molecule has 1 atom stereocenters. The fourth-order valence-electron chi connectivity index (χ4n) is 4.48. The van der Waals surface area contributed by atoms with Crippen molar-refractivity contribution in [1.29, 1.82) is 0 Å². The molecule has 1 saturated heterocycles. The van der Waals surface area contributed by atoms with E-state index in [2.05, 4.69) is 10.8 Å². The minimum absolute atomic E-state index is 0.134. The molecule has 40 heavy (non-hydrogen) atoms. The van der Waals surface area contributed by atoms with Crippen LogP contribution in [0.25, 0.3) is 10.8 Å². The highest BCUT2D eigenvalue weighted by Gasteiger charge is 2.16. The molecule has 0 aromatic heterocycles. The molecule has 0 radical (unpaired) electrons. The molecule has 1 heterocycles. The number of phenolic OH excluding ortho intramolecular Hbond substituents is 1. The molecule has 1 fully saturated rings. The highest BCUT2D eigenvalue weighted by Crippen LogP contribution is 2.25. The highest BCUT2D eigenvalue weighted by atomic mass is 16.8. The van der Waals surface area contributed by atoms with Crippen LogP contribution in [0.5, 0.6) is 11.5 Å². The molecule has 0 aliphatic carbocycles. The van der Waals surface area contributed by atoms with Crippen LogP contribution in [0.15, 0.2) is 78.4 Å². The van der Waals surface area contributed by atoms with Crippen LogP contribution in [-0.2, 0) is 25.6 Å². The van der Waals surface area contributed by atoms with E-state index in [4.69, 9.17) is 14.3 Å². The smallest absolute Gasteiger partial charge is 0.250 e. The van der Waals surface area contributed by atoms with Gasteiger partial charge in [0.1, 0.15) is 18.1 Å². The van der Waals surface area contributed by atoms with Gasteiger partial charge < -0.3 is 19.9 Å². The lowest BCUT2D eigenvalue weighted by Crippen LogP contribution is -2.32. The number of unbranched alkanes of at least 4 members (excludes halogenated alkanes) is 2. The maximum atomic E-state index is 13.1. The molecule has 0 saturated carbocycles. The van der Waals surface area contributed by atoms with Crippen LogP contribution in [0.4, 0.5) is 0 Å². The first kappa shape index (κ1) is 29.1. The molecule has 4 rings (SSSR count). The minimum Gasteiger partial charge on any atom is -0.508 e. The van der Waals surface area contributed by atoms with Crippen molar-refractivity contribution in [2.45, 2.75) is 57.7 Å². The second kappa shape index (κ2) is 15.6. The first-order valence-corrected chi connectivity index (χ1v) is 14.0. The van der Waals surface area contributed by atoms with Crippen molar-refractivity contribution in [1.82, 2.24) is 10.8 Å². The molecule has 8 heteroatoms. The molecule has 3 aromatic carbocycles. The number of benzene rings is 3. The molecule has 3 aromatic rings. The van der Waals surface area contributed by atoms with Crippen LogP contribution < -0.4 is 15.5 Å². The van der Waals surface area contributed by atoms with Crippen molar-refractivity contribution < 1.29 is 29.0 Å². The lowest BCUT2D eigenvalue weighted by Gasteiger charge is -2.22. The summed E-state index contributed by atoms with van der Waals surface area (Å²) in [6.07, 6.45) is 7.39. The zero-order chi connectivity index (χ0) is 28.0. The number of nitrogens with one attached hydrogen (secondary N) is 2. The van der Waals surface area contributed by atoms with Gasteiger partial charge in [0.15, 0.2) is 6.29 Å². The molecular formula is C32H38N2O6. The topological polar surface area (TPSA) is 106 Å². The minimum atomic E-state index is -0.363. The Morgan fingerprint density at radius 1 is 1.00 bits per heavy atom. The zero-order valence-corrected chi connectivity index (χ0v) is 22.8. The summed E-state index contributed by atoms with van der Waals surface area (Å²) in [6, 6.07) is 20.8. The Hall–Kier alpha value is -3.88. The Morgan fingerprint density at radius 2 is 1.82 bits per heavy atom. The third-order valence-corrected chi connectivity index (χ3v) is 6.75. The maximum absolute atomic E-state index is 13.1. The molecule has 1 aliphatic rings. The molecule has 2 amide bonds. The Labute approximate surface area is 235 Å². The van der Waals surface area contributed by atoms with Gasteiger partial charge in [-0.15, -0.1) is 0 Å². The fraction of sp³-hybridized carbons (Fsp3) is 0.375. The van der Waals surface area contributed by atoms with Crippen molar-refractivity contribution in [3.8, 4) is 11.5 Å². The lowest BCUT2D eigenvalue weighted by molar-refractivity contribution is -0.200. The van der Waals surface area contributed by atoms with Crippen LogP contribution in [0, 0.1) is 0 Å². The predicted octanol–water partition coefficient (Wildman–Crippen LogP) is 5.34. The van der Waals surface area contributed by atoms with Gasteiger partial charge >= 0.3 is 0 Å². The maximum Gasteiger partial charge on any atom is 0.250 e. The summed E-state index contributed by atoms with van der Waals surface area (Å²) in [7, 11) is 0. The second-order valence-electron chi connectivity index (χ2n) is 9.85. The van der Waals surface area contributed by atoms with Gasteiger partial charge in [0.25, 0.3) is 0 Å². The number of amides is 2. The van der Waals surface area contributed by atoms with Crippen molar-refractivity contribution >= 4 is 22.6 Å². The zero-order valence-electron chi connectivity index (χ0n) is 22.8. The van der Waals surface area contributed by atoms with Gasteiger partial charge in [0, 0.05) is 31.4 Å². The molecule has 1 unspecified atom stereocenters. The molecule has 1 aliphatic heterocycles. The number of rotatable bonds is 14. The van der Waals surface area contributed by atoms with Crippen LogP contribution in [0.1, 0.15) is 50.5 Å². The number of hydrogen-bond acceptors (Lipinski definition) is 6. The fourth-order valence-corrected chi connectivity index (χ4v) is 4.48. The van der Waals surface area contributed by atoms with E-state index in [1.54, 1.807) is 12.1 Å². The van der Waals surface area contributed by atoms with E-state index in [-0.39, 0.29) is 30.5 Å². The number of carbonyl (C=O) groups excluding carboxylic acids is 2. The van der Waals surface area contributed by atoms with Crippen molar-refractivity contribution in [2.75, 3.05) is 19.8 Å². The summed E-state index contributed by atoms with van der Waals surface area (Å²) >= 11 is 0. The van der Waals surface area contributed by atoms with Crippen LogP contribution in [-0.4, -0.2) is 43.0 Å². The number of fused-ring (bicyclic) bond motifs is 1. The summed E-state index contributed by atoms with van der Waals surface area (Å²) < 4.78 is 11.6. The van der Waals surface area contributed by atoms with E-state index in [9.17, 15) is 14.7 Å². The predicted molar refractivity (Wildman–Crippen MR) is 154 cm³/mol. The molecule has 0 spiro atoms. The summed E-state index contributed by atoms with van der Waals surface area (Å²) in [6.45, 7) is 1.25. The molecule has 3 N–H and O–H groups in total. The first-order valence-electron chi connectivity index (χ1n) is 14.0. The van der Waals surface area contributed by atoms with Gasteiger partial charge in [-0.1, -0.05) is 54.6 Å². The second-order valence-corrected chi connectivity index (χ2v) is 9.85. The average Bonchev–Trinajstić information content (AvgIpc) is 2.99. The number of ether oxygens (including phenoxy) is 2. The highest BCUT2D eigenvalue weighted by molar-refractivity contribution is 5.94. The van der Waals surface area contributed by atoms with Crippen LogP contribution >= 0.6 is 0 Å². The van der Waals surface area contributed by atoms with E-state index in [1.165, 1.54) is 0 Å². The van der Waals surface area contributed by atoms with Crippen LogP contribution in [0.3, 0.4) is 0 Å². The van der Waals surface area contributed by atoms with Crippen molar-refractivity contribution in [3.05, 3.63) is 83.9 Å². The monoisotopic (exact) mass is 546 g/mol. The Balaban J connectivity index is 1.28. The van der Waals surface area contributed by atoms with E-state index in [0.29, 0.717) is 44.4 Å². The molecule has 0 bridgehead atoms. The third-order valence-electron chi connectivity index (χ3n) is 6.75. The third kappa shape index (κ3) is 9.39. The molecule has 8 nitrogen and oxygen atoms in total. The van der Waals surface area contributed by atoms with E-state index in [1.807, 2.05) is 60.7 Å². The summed E-state index contributed by atoms with van der Waals surface area (Å²) in [5.74, 6) is 0.577. The van der Waals surface area contributed by atoms with E-state index in [0.717, 1.165) is 47.8 Å². The van der Waals surface area contributed by atoms with Gasteiger partial charge in [0.2, 0.25) is 11.8 Å². The SMILES string of the molecule is O=C(CCCC/C=C(\COc1cccc2ccccc12)C(=O)NCCc1ccc(O)cc1)NOC1CCCCO1. The Kier molecular flexibility index (Phi) is 11.4. The largest absolute Gasteiger partial charge is 0.508 e. The van der Waals surface area contributed by atoms with Crippen molar-refractivity contribution in [2.24, 2.45) is 0 Å². The van der Waals surface area contributed by atoms with Crippen LogP contribution in [0.2, 0.25) is 0 Å². The summed E-state index contributed by atoms with van der Waals surface area (Å²) in [5.41, 5.74) is 4.05. The average molecular weight is 547 g/mol. The molecular weight excluding hydrogens is 508 g/mol.